The van der Waals surface area contributed by atoms with Crippen LogP contribution in [0, 0.1) is 0 Å². The number of nitrogens with one attached hydrogen (secondary N) is 2. The molecule has 0 saturated carbocycles. The molecule has 0 spiro atoms. The molecule has 3 aromatic carbocycles. The molecule has 0 radical (unpaired) electrons. The van der Waals surface area contributed by atoms with Gasteiger partial charge in [-0.3, -0.25) is 19.0 Å². The third-order valence-electron chi connectivity index (χ3n) is 4.30. The van der Waals surface area contributed by atoms with Crippen LogP contribution in [0.5, 0.6) is 11.5 Å². The quantitative estimate of drug-likeness (QED) is 0.515. The number of aromatic amines is 1. The summed E-state index contributed by atoms with van der Waals surface area (Å²) in [6.07, 6.45) is 0. The Kier molecular flexibility index (Phi) is 4.94. The van der Waals surface area contributed by atoms with Gasteiger partial charge in [0.15, 0.2) is 0 Å². The number of amides is 1. The Morgan fingerprint density at radius 1 is 0.862 bits per heavy atom. The summed E-state index contributed by atoms with van der Waals surface area (Å²) in [4.78, 5) is 39.0. The molecule has 1 aromatic heterocycles. The lowest BCUT2D eigenvalue weighted by atomic mass is 10.3. The monoisotopic (exact) mass is 387 g/mol. The Morgan fingerprint density at radius 2 is 1.52 bits per heavy atom. The molecule has 1 amide bonds. The van der Waals surface area contributed by atoms with Gasteiger partial charge in [0.2, 0.25) is 5.91 Å². The third-order valence-corrected chi connectivity index (χ3v) is 4.30. The summed E-state index contributed by atoms with van der Waals surface area (Å²) in [5.41, 5.74) is -0.00634. The number of anilines is 1. The number of benzene rings is 3. The molecule has 0 aliphatic carbocycles. The van der Waals surface area contributed by atoms with Gasteiger partial charge in [-0.1, -0.05) is 30.3 Å². The highest BCUT2D eigenvalue weighted by atomic mass is 16.5. The molecule has 29 heavy (non-hydrogen) atoms. The number of carbonyl (C=O) groups is 1. The Balaban J connectivity index is 1.49. The number of nitrogens with zero attached hydrogens (tertiary/aromatic N) is 1. The first-order valence-corrected chi connectivity index (χ1v) is 8.95. The van der Waals surface area contributed by atoms with Crippen molar-refractivity contribution in [3.63, 3.8) is 0 Å². The fourth-order valence-electron chi connectivity index (χ4n) is 2.95. The standard InChI is InChI=1S/C22H17N3O4/c26-20(14-25-19-9-5-4-8-18(19)24-21(27)22(25)28)23-15-10-12-17(13-11-15)29-16-6-2-1-3-7-16/h1-13H,14H2,(H,23,26)(H,24,27). The van der Waals surface area contributed by atoms with E-state index in [2.05, 4.69) is 10.3 Å². The fraction of sp³-hybridized carbons (Fsp3) is 0.0455. The second-order valence-corrected chi connectivity index (χ2v) is 6.35. The number of hydrogen-bond donors (Lipinski definition) is 2. The van der Waals surface area contributed by atoms with Crippen molar-refractivity contribution in [3.8, 4) is 11.5 Å². The average molecular weight is 387 g/mol. The van der Waals surface area contributed by atoms with Crippen molar-refractivity contribution < 1.29 is 9.53 Å². The zero-order valence-corrected chi connectivity index (χ0v) is 15.3. The number of H-pyrrole nitrogens is 1. The number of carbonyl (C=O) groups excluding carboxylic acids is 1. The SMILES string of the molecule is O=C(Cn1c(=O)c(=O)[nH]c2ccccc21)Nc1ccc(Oc2ccccc2)cc1. The number of hydrogen-bond acceptors (Lipinski definition) is 4. The molecule has 0 atom stereocenters. The first kappa shape index (κ1) is 18.2. The van der Waals surface area contributed by atoms with Crippen molar-refractivity contribution in [1.82, 2.24) is 9.55 Å². The van der Waals surface area contributed by atoms with Gasteiger partial charge in [-0.2, -0.15) is 0 Å². The predicted octanol–water partition coefficient (Wildman–Crippen LogP) is 3.12. The Hall–Kier alpha value is -4.13. The Bertz CT molecular complexity index is 1280. The maximum absolute atomic E-state index is 12.5. The number of ether oxygens (including phenoxy) is 1. The number of aromatic nitrogens is 2. The first-order valence-electron chi connectivity index (χ1n) is 8.95. The molecule has 0 unspecified atom stereocenters. The molecule has 144 valence electrons. The van der Waals surface area contributed by atoms with Gasteiger partial charge < -0.3 is 15.0 Å². The van der Waals surface area contributed by atoms with Crippen molar-refractivity contribution >= 4 is 22.6 Å². The van der Waals surface area contributed by atoms with Crippen LogP contribution < -0.4 is 21.2 Å². The van der Waals surface area contributed by atoms with Crippen LogP contribution in [0.25, 0.3) is 11.0 Å². The van der Waals surface area contributed by atoms with Gasteiger partial charge in [-0.25, -0.2) is 0 Å². The van der Waals surface area contributed by atoms with Crippen LogP contribution in [-0.2, 0) is 11.3 Å². The summed E-state index contributed by atoms with van der Waals surface area (Å²) in [5.74, 6) is 0.926. The minimum Gasteiger partial charge on any atom is -0.457 e. The number of fused-ring (bicyclic) bond motifs is 1. The molecular formula is C22H17N3O4. The fourth-order valence-corrected chi connectivity index (χ4v) is 2.95. The highest BCUT2D eigenvalue weighted by Gasteiger charge is 2.11. The van der Waals surface area contributed by atoms with E-state index in [-0.39, 0.29) is 6.54 Å². The van der Waals surface area contributed by atoms with Gasteiger partial charge in [0.1, 0.15) is 18.0 Å². The van der Waals surface area contributed by atoms with Crippen molar-refractivity contribution in [3.05, 3.63) is 99.6 Å². The summed E-state index contributed by atoms with van der Waals surface area (Å²) in [6, 6.07) is 23.1. The molecule has 0 aliphatic rings. The zero-order chi connectivity index (χ0) is 20.2. The Morgan fingerprint density at radius 3 is 2.28 bits per heavy atom. The summed E-state index contributed by atoms with van der Waals surface area (Å²) in [7, 11) is 0. The second-order valence-electron chi connectivity index (χ2n) is 6.35. The van der Waals surface area contributed by atoms with Crippen LogP contribution in [0.3, 0.4) is 0 Å². The molecule has 0 saturated heterocycles. The van der Waals surface area contributed by atoms with E-state index in [0.29, 0.717) is 28.2 Å². The maximum Gasteiger partial charge on any atom is 0.317 e. The number of rotatable bonds is 5. The highest BCUT2D eigenvalue weighted by Crippen LogP contribution is 2.22. The molecule has 7 nitrogen and oxygen atoms in total. The van der Waals surface area contributed by atoms with E-state index in [1.165, 1.54) is 0 Å². The van der Waals surface area contributed by atoms with E-state index in [1.807, 2.05) is 30.3 Å². The van der Waals surface area contributed by atoms with Gasteiger partial charge in [-0.15, -0.1) is 0 Å². The topological polar surface area (TPSA) is 93.2 Å². The molecule has 2 N–H and O–H groups in total. The smallest absolute Gasteiger partial charge is 0.317 e. The van der Waals surface area contributed by atoms with E-state index in [9.17, 15) is 14.4 Å². The highest BCUT2D eigenvalue weighted by molar-refractivity contribution is 5.91. The van der Waals surface area contributed by atoms with E-state index >= 15 is 0 Å². The molecule has 1 heterocycles. The minimum absolute atomic E-state index is 0.272. The van der Waals surface area contributed by atoms with Crippen LogP contribution in [0.1, 0.15) is 0 Å². The molecule has 0 aliphatic heterocycles. The average Bonchev–Trinajstić information content (AvgIpc) is 2.73. The number of para-hydroxylation sites is 3. The molecule has 4 aromatic rings. The van der Waals surface area contributed by atoms with Crippen molar-refractivity contribution in [2.75, 3.05) is 5.32 Å². The summed E-state index contributed by atoms with van der Waals surface area (Å²) >= 11 is 0. The van der Waals surface area contributed by atoms with E-state index < -0.39 is 17.0 Å². The molecule has 7 heteroatoms. The van der Waals surface area contributed by atoms with Crippen LogP contribution in [0.15, 0.2) is 88.5 Å². The summed E-state index contributed by atoms with van der Waals surface area (Å²) in [5, 5.41) is 2.73. The Labute approximate surface area is 165 Å². The van der Waals surface area contributed by atoms with Crippen LogP contribution in [0.4, 0.5) is 5.69 Å². The van der Waals surface area contributed by atoms with Crippen molar-refractivity contribution in [2.45, 2.75) is 6.54 Å². The first-order chi connectivity index (χ1) is 14.1. The van der Waals surface area contributed by atoms with Gasteiger partial charge in [0, 0.05) is 5.69 Å². The van der Waals surface area contributed by atoms with Crippen LogP contribution in [-0.4, -0.2) is 15.5 Å². The van der Waals surface area contributed by atoms with Gasteiger partial charge in [-0.05, 0) is 48.5 Å². The minimum atomic E-state index is -0.773. The lowest BCUT2D eigenvalue weighted by molar-refractivity contribution is -0.116. The predicted molar refractivity (Wildman–Crippen MR) is 110 cm³/mol. The van der Waals surface area contributed by atoms with Crippen LogP contribution >= 0.6 is 0 Å². The summed E-state index contributed by atoms with van der Waals surface area (Å²) < 4.78 is 6.88. The third kappa shape index (κ3) is 4.08. The van der Waals surface area contributed by atoms with Crippen molar-refractivity contribution in [2.24, 2.45) is 0 Å². The van der Waals surface area contributed by atoms with Crippen LogP contribution in [0.2, 0.25) is 0 Å². The molecular weight excluding hydrogens is 370 g/mol. The van der Waals surface area contributed by atoms with Gasteiger partial charge >= 0.3 is 11.1 Å². The zero-order valence-electron chi connectivity index (χ0n) is 15.3. The second kappa shape index (κ2) is 7.85. The molecule has 4 rings (SSSR count). The largest absolute Gasteiger partial charge is 0.457 e. The van der Waals surface area contributed by atoms with E-state index in [4.69, 9.17) is 4.74 Å². The van der Waals surface area contributed by atoms with Gasteiger partial charge in [0.25, 0.3) is 0 Å². The maximum atomic E-state index is 12.5. The van der Waals surface area contributed by atoms with Crippen molar-refractivity contribution in [1.29, 1.82) is 0 Å². The normalized spacial score (nSPS) is 10.6. The molecule has 0 fully saturated rings. The van der Waals surface area contributed by atoms with Gasteiger partial charge in [0.05, 0.1) is 11.0 Å². The van der Waals surface area contributed by atoms with E-state index in [0.717, 1.165) is 4.57 Å². The van der Waals surface area contributed by atoms with E-state index in [1.54, 1.807) is 48.5 Å². The lowest BCUT2D eigenvalue weighted by Gasteiger charge is -2.11. The molecule has 0 bridgehead atoms. The lowest BCUT2D eigenvalue weighted by Crippen LogP contribution is -2.38. The summed E-state index contributed by atoms with van der Waals surface area (Å²) in [6.45, 7) is -0.272.